The van der Waals surface area contributed by atoms with E-state index in [-0.39, 0.29) is 17.9 Å². The summed E-state index contributed by atoms with van der Waals surface area (Å²) < 4.78 is 0. The summed E-state index contributed by atoms with van der Waals surface area (Å²) in [5.41, 5.74) is 9.09. The Hall–Kier alpha value is -2.21. The van der Waals surface area contributed by atoms with Gasteiger partial charge < -0.3 is 9.80 Å². The molecule has 0 radical (unpaired) electrons. The van der Waals surface area contributed by atoms with Crippen LogP contribution in [-0.4, -0.2) is 55.0 Å². The van der Waals surface area contributed by atoms with Gasteiger partial charge in [0.25, 0.3) is 0 Å². The molecule has 0 spiro atoms. The largest absolute Gasteiger partial charge is 0.341 e. The fourth-order valence-electron chi connectivity index (χ4n) is 4.50. The molecule has 2 saturated heterocycles. The van der Waals surface area contributed by atoms with Gasteiger partial charge in [0.15, 0.2) is 0 Å². The van der Waals surface area contributed by atoms with Gasteiger partial charge in [-0.2, -0.15) is 0 Å². The first-order valence-corrected chi connectivity index (χ1v) is 10.9. The average Bonchev–Trinajstić information content (AvgIpc) is 3.14. The molecule has 2 unspecified atom stereocenters. The maximum atomic E-state index is 13.3. The SMILES string of the molecule is O=C(C1CNNC1c1ccccc1)N1CCCN(CCCc2ccccc2)CC1. The Morgan fingerprint density at radius 3 is 2.48 bits per heavy atom. The Labute approximate surface area is 174 Å². The van der Waals surface area contributed by atoms with Crippen LogP contribution >= 0.6 is 0 Å². The van der Waals surface area contributed by atoms with Gasteiger partial charge in [-0.15, -0.1) is 0 Å². The molecule has 154 valence electrons. The van der Waals surface area contributed by atoms with Crippen molar-refractivity contribution in [3.8, 4) is 0 Å². The van der Waals surface area contributed by atoms with E-state index >= 15 is 0 Å². The number of amides is 1. The van der Waals surface area contributed by atoms with Gasteiger partial charge in [0.2, 0.25) is 5.91 Å². The first-order chi connectivity index (χ1) is 14.3. The van der Waals surface area contributed by atoms with Crippen molar-refractivity contribution < 1.29 is 4.79 Å². The van der Waals surface area contributed by atoms with Crippen molar-refractivity contribution in [2.24, 2.45) is 5.92 Å². The zero-order valence-electron chi connectivity index (χ0n) is 17.1. The summed E-state index contributed by atoms with van der Waals surface area (Å²) in [5.74, 6) is 0.240. The summed E-state index contributed by atoms with van der Waals surface area (Å²) >= 11 is 0. The van der Waals surface area contributed by atoms with E-state index in [4.69, 9.17) is 0 Å². The highest BCUT2D eigenvalue weighted by molar-refractivity contribution is 5.80. The third-order valence-corrected chi connectivity index (χ3v) is 6.14. The molecule has 2 aromatic rings. The van der Waals surface area contributed by atoms with Gasteiger partial charge in [0.1, 0.15) is 0 Å². The van der Waals surface area contributed by atoms with Crippen LogP contribution in [0.1, 0.15) is 30.0 Å². The van der Waals surface area contributed by atoms with Gasteiger partial charge in [0, 0.05) is 26.2 Å². The molecule has 0 bridgehead atoms. The molecule has 5 nitrogen and oxygen atoms in total. The highest BCUT2D eigenvalue weighted by Crippen LogP contribution is 2.26. The topological polar surface area (TPSA) is 47.6 Å². The number of rotatable bonds is 6. The molecular weight excluding hydrogens is 360 g/mol. The molecule has 2 aliphatic heterocycles. The van der Waals surface area contributed by atoms with Crippen molar-refractivity contribution >= 4 is 5.91 Å². The lowest BCUT2D eigenvalue weighted by Gasteiger charge is -2.27. The number of hydrazine groups is 1. The standard InChI is InChI=1S/C24H32N4O/c29-24(22-19-25-26-23(22)21-12-5-2-6-13-21)28-16-8-15-27(17-18-28)14-7-11-20-9-3-1-4-10-20/h1-6,9-10,12-13,22-23,25-26H,7-8,11,14-19H2. The van der Waals surface area contributed by atoms with Crippen LogP contribution in [0.2, 0.25) is 0 Å². The highest BCUT2D eigenvalue weighted by Gasteiger charge is 2.36. The van der Waals surface area contributed by atoms with Crippen LogP contribution in [0.15, 0.2) is 60.7 Å². The fourth-order valence-corrected chi connectivity index (χ4v) is 4.50. The van der Waals surface area contributed by atoms with E-state index in [1.807, 2.05) is 18.2 Å². The molecule has 5 heteroatoms. The predicted octanol–water partition coefficient (Wildman–Crippen LogP) is 2.62. The third kappa shape index (κ3) is 5.24. The second-order valence-electron chi connectivity index (χ2n) is 8.13. The monoisotopic (exact) mass is 392 g/mol. The van der Waals surface area contributed by atoms with E-state index in [9.17, 15) is 4.79 Å². The van der Waals surface area contributed by atoms with Crippen molar-refractivity contribution in [3.63, 3.8) is 0 Å². The van der Waals surface area contributed by atoms with Crippen molar-refractivity contribution in [3.05, 3.63) is 71.8 Å². The van der Waals surface area contributed by atoms with Crippen LogP contribution in [-0.2, 0) is 11.2 Å². The molecule has 2 atom stereocenters. The number of carbonyl (C=O) groups excluding carboxylic acids is 1. The molecule has 2 fully saturated rings. The third-order valence-electron chi connectivity index (χ3n) is 6.14. The lowest BCUT2D eigenvalue weighted by atomic mass is 9.93. The Balaban J connectivity index is 1.28. The minimum absolute atomic E-state index is 0.0398. The van der Waals surface area contributed by atoms with Crippen molar-refractivity contribution in [2.75, 3.05) is 39.3 Å². The molecule has 2 aliphatic rings. The Kier molecular flexibility index (Phi) is 6.93. The zero-order chi connectivity index (χ0) is 19.9. The van der Waals surface area contributed by atoms with Gasteiger partial charge >= 0.3 is 0 Å². The van der Waals surface area contributed by atoms with E-state index in [0.29, 0.717) is 6.54 Å². The Morgan fingerprint density at radius 1 is 0.931 bits per heavy atom. The quantitative estimate of drug-likeness (QED) is 0.793. The predicted molar refractivity (Wildman–Crippen MR) is 116 cm³/mol. The summed E-state index contributed by atoms with van der Waals surface area (Å²) in [7, 11) is 0. The lowest BCUT2D eigenvalue weighted by molar-refractivity contribution is -0.135. The Morgan fingerprint density at radius 2 is 1.69 bits per heavy atom. The minimum Gasteiger partial charge on any atom is -0.341 e. The van der Waals surface area contributed by atoms with Gasteiger partial charge in [-0.05, 0) is 43.5 Å². The maximum absolute atomic E-state index is 13.3. The molecule has 2 N–H and O–H groups in total. The second kappa shape index (κ2) is 10.0. The molecule has 0 saturated carbocycles. The molecule has 0 aromatic heterocycles. The van der Waals surface area contributed by atoms with Crippen LogP contribution in [0, 0.1) is 5.92 Å². The molecule has 2 heterocycles. The minimum atomic E-state index is -0.0398. The number of benzene rings is 2. The van der Waals surface area contributed by atoms with Crippen LogP contribution in [0.4, 0.5) is 0 Å². The number of hydrogen-bond donors (Lipinski definition) is 2. The number of nitrogens with one attached hydrogen (secondary N) is 2. The Bertz CT molecular complexity index is 767. The maximum Gasteiger partial charge on any atom is 0.229 e. The summed E-state index contributed by atoms with van der Waals surface area (Å²) in [6.07, 6.45) is 3.35. The normalized spacial score (nSPS) is 23.1. The van der Waals surface area contributed by atoms with Gasteiger partial charge in [-0.3, -0.25) is 10.2 Å². The molecule has 4 rings (SSSR count). The van der Waals surface area contributed by atoms with E-state index < -0.39 is 0 Å². The summed E-state index contributed by atoms with van der Waals surface area (Å²) in [6, 6.07) is 21.0. The number of carbonyl (C=O) groups is 1. The second-order valence-corrected chi connectivity index (χ2v) is 8.13. The summed E-state index contributed by atoms with van der Waals surface area (Å²) in [5, 5.41) is 0. The number of hydrogen-bond acceptors (Lipinski definition) is 4. The van der Waals surface area contributed by atoms with Gasteiger partial charge in [0.05, 0.1) is 12.0 Å². The van der Waals surface area contributed by atoms with Crippen LogP contribution in [0.3, 0.4) is 0 Å². The average molecular weight is 393 g/mol. The first-order valence-electron chi connectivity index (χ1n) is 10.9. The molecular formula is C24H32N4O. The van der Waals surface area contributed by atoms with Crippen LogP contribution in [0.5, 0.6) is 0 Å². The summed E-state index contributed by atoms with van der Waals surface area (Å²) in [4.78, 5) is 17.9. The van der Waals surface area contributed by atoms with Crippen LogP contribution < -0.4 is 10.9 Å². The first kappa shape index (κ1) is 20.1. The number of nitrogens with zero attached hydrogens (tertiary/aromatic N) is 2. The summed E-state index contributed by atoms with van der Waals surface area (Å²) in [6.45, 7) is 5.56. The van der Waals surface area contributed by atoms with Gasteiger partial charge in [-0.1, -0.05) is 60.7 Å². The van der Waals surface area contributed by atoms with Crippen LogP contribution in [0.25, 0.3) is 0 Å². The van der Waals surface area contributed by atoms with Crippen molar-refractivity contribution in [2.45, 2.75) is 25.3 Å². The van der Waals surface area contributed by atoms with E-state index in [1.54, 1.807) is 0 Å². The molecule has 1 amide bonds. The molecule has 2 aromatic carbocycles. The van der Waals surface area contributed by atoms with Gasteiger partial charge in [-0.25, -0.2) is 5.43 Å². The van der Waals surface area contributed by atoms with E-state index in [2.05, 4.69) is 63.1 Å². The molecule has 0 aliphatic carbocycles. The van der Waals surface area contributed by atoms with Crippen molar-refractivity contribution in [1.82, 2.24) is 20.7 Å². The van der Waals surface area contributed by atoms with E-state index in [1.165, 1.54) is 17.5 Å². The molecule has 29 heavy (non-hydrogen) atoms. The fraction of sp³-hybridized carbons (Fsp3) is 0.458. The zero-order valence-corrected chi connectivity index (χ0v) is 17.1. The van der Waals surface area contributed by atoms with E-state index in [0.717, 1.165) is 45.6 Å². The lowest BCUT2D eigenvalue weighted by Crippen LogP contribution is -2.41. The number of aryl methyl sites for hydroxylation is 1. The highest BCUT2D eigenvalue weighted by atomic mass is 16.2. The van der Waals surface area contributed by atoms with Crippen molar-refractivity contribution in [1.29, 1.82) is 0 Å². The smallest absolute Gasteiger partial charge is 0.229 e.